The standard InChI is InChI=1S/C13H16F2N6O/c1-3-21-9(4-5-16-21)12(22)20-7-13(14,15)6-10(20)11-17-8(2)18-19-11/h4-5,10H,3,6-7H2,1-2H3,(H,17,18,19)/t10-/m0/s1. The predicted molar refractivity (Wildman–Crippen MR) is 72.4 cm³/mol. The van der Waals surface area contributed by atoms with Gasteiger partial charge in [-0.2, -0.15) is 10.2 Å². The minimum atomic E-state index is -2.95. The van der Waals surface area contributed by atoms with Crippen LogP contribution in [0.4, 0.5) is 8.78 Å². The normalized spacial score (nSPS) is 20.5. The van der Waals surface area contributed by atoms with E-state index in [1.165, 1.54) is 16.9 Å². The molecule has 1 saturated heterocycles. The van der Waals surface area contributed by atoms with Crippen LogP contribution in [0.3, 0.4) is 0 Å². The summed E-state index contributed by atoms with van der Waals surface area (Å²) in [5, 5.41) is 10.6. The Kier molecular flexibility index (Phi) is 3.42. The van der Waals surface area contributed by atoms with Gasteiger partial charge in [0.05, 0.1) is 6.54 Å². The Labute approximate surface area is 125 Å². The molecule has 0 aliphatic carbocycles. The van der Waals surface area contributed by atoms with Gasteiger partial charge in [0.1, 0.15) is 17.6 Å². The van der Waals surface area contributed by atoms with Gasteiger partial charge in [-0.25, -0.2) is 13.8 Å². The van der Waals surface area contributed by atoms with Gasteiger partial charge in [0.25, 0.3) is 11.8 Å². The highest BCUT2D eigenvalue weighted by atomic mass is 19.3. The first-order valence-corrected chi connectivity index (χ1v) is 7.01. The molecule has 2 aromatic rings. The van der Waals surface area contributed by atoms with Gasteiger partial charge >= 0.3 is 0 Å². The average Bonchev–Trinajstić information content (AvgIpc) is 3.15. The van der Waals surface area contributed by atoms with Crippen molar-refractivity contribution in [2.75, 3.05) is 6.54 Å². The van der Waals surface area contributed by atoms with Crippen molar-refractivity contribution in [2.24, 2.45) is 0 Å². The molecule has 0 spiro atoms. The van der Waals surface area contributed by atoms with E-state index >= 15 is 0 Å². The lowest BCUT2D eigenvalue weighted by molar-refractivity contribution is 0.0116. The van der Waals surface area contributed by atoms with E-state index in [-0.39, 0.29) is 11.5 Å². The Morgan fingerprint density at radius 3 is 2.95 bits per heavy atom. The van der Waals surface area contributed by atoms with E-state index in [4.69, 9.17) is 0 Å². The highest BCUT2D eigenvalue weighted by Gasteiger charge is 2.49. The zero-order valence-electron chi connectivity index (χ0n) is 12.3. The minimum absolute atomic E-state index is 0.214. The van der Waals surface area contributed by atoms with Gasteiger partial charge in [-0.15, -0.1) is 0 Å². The van der Waals surface area contributed by atoms with Gasteiger partial charge in [0.15, 0.2) is 5.82 Å². The highest BCUT2D eigenvalue weighted by Crippen LogP contribution is 2.40. The van der Waals surface area contributed by atoms with Crippen LogP contribution in [-0.2, 0) is 6.54 Å². The summed E-state index contributed by atoms with van der Waals surface area (Å²) >= 11 is 0. The molecular weight excluding hydrogens is 294 g/mol. The number of aromatic nitrogens is 5. The molecular formula is C13H16F2N6O. The fourth-order valence-corrected chi connectivity index (χ4v) is 2.68. The molecule has 0 unspecified atom stereocenters. The van der Waals surface area contributed by atoms with Crippen molar-refractivity contribution in [1.82, 2.24) is 29.9 Å². The molecule has 1 N–H and O–H groups in total. The van der Waals surface area contributed by atoms with E-state index in [2.05, 4.69) is 20.3 Å². The van der Waals surface area contributed by atoms with Crippen molar-refractivity contribution in [3.05, 3.63) is 29.6 Å². The molecule has 7 nitrogen and oxygen atoms in total. The molecule has 3 heterocycles. The number of nitrogens with zero attached hydrogens (tertiary/aromatic N) is 5. The van der Waals surface area contributed by atoms with Crippen molar-refractivity contribution in [3.63, 3.8) is 0 Å². The second kappa shape index (κ2) is 5.15. The lowest BCUT2D eigenvalue weighted by Gasteiger charge is -2.22. The van der Waals surface area contributed by atoms with Crippen LogP contribution in [0.15, 0.2) is 12.3 Å². The molecule has 118 valence electrons. The number of nitrogens with one attached hydrogen (secondary N) is 1. The number of amides is 1. The molecule has 1 aliphatic rings. The monoisotopic (exact) mass is 310 g/mol. The maximum atomic E-state index is 13.8. The molecule has 0 aromatic carbocycles. The van der Waals surface area contributed by atoms with Crippen LogP contribution >= 0.6 is 0 Å². The van der Waals surface area contributed by atoms with Crippen LogP contribution < -0.4 is 0 Å². The quantitative estimate of drug-likeness (QED) is 0.933. The second-order valence-electron chi connectivity index (χ2n) is 5.32. The van der Waals surface area contributed by atoms with Gasteiger partial charge in [0.2, 0.25) is 0 Å². The molecule has 0 radical (unpaired) electrons. The molecule has 0 bridgehead atoms. The summed E-state index contributed by atoms with van der Waals surface area (Å²) in [5.41, 5.74) is 0.289. The third kappa shape index (κ3) is 2.46. The number of aryl methyl sites for hydroxylation is 2. The number of alkyl halides is 2. The van der Waals surface area contributed by atoms with Crippen molar-refractivity contribution in [3.8, 4) is 0 Å². The third-order valence-corrected chi connectivity index (χ3v) is 3.68. The number of rotatable bonds is 3. The van der Waals surface area contributed by atoms with Gasteiger partial charge in [-0.3, -0.25) is 14.6 Å². The first kappa shape index (κ1) is 14.6. The number of H-pyrrole nitrogens is 1. The fraction of sp³-hybridized carbons (Fsp3) is 0.538. The molecule has 2 aromatic heterocycles. The van der Waals surface area contributed by atoms with E-state index in [9.17, 15) is 13.6 Å². The highest BCUT2D eigenvalue weighted by molar-refractivity contribution is 5.93. The van der Waals surface area contributed by atoms with Gasteiger partial charge in [-0.05, 0) is 19.9 Å². The summed E-state index contributed by atoms with van der Waals surface area (Å²) in [4.78, 5) is 17.9. The van der Waals surface area contributed by atoms with E-state index in [0.29, 0.717) is 12.4 Å². The SMILES string of the molecule is CCn1nccc1C(=O)N1CC(F)(F)C[C@H]1c1n[nH]c(C)n1. The average molecular weight is 310 g/mol. The van der Waals surface area contributed by atoms with Gasteiger partial charge in [0, 0.05) is 19.2 Å². The first-order chi connectivity index (χ1) is 10.4. The maximum Gasteiger partial charge on any atom is 0.272 e. The fourth-order valence-electron chi connectivity index (χ4n) is 2.68. The second-order valence-corrected chi connectivity index (χ2v) is 5.32. The maximum absolute atomic E-state index is 13.8. The summed E-state index contributed by atoms with van der Waals surface area (Å²) in [6.07, 6.45) is 1.01. The van der Waals surface area contributed by atoms with E-state index in [1.807, 2.05) is 6.92 Å². The van der Waals surface area contributed by atoms with Crippen LogP contribution in [0.5, 0.6) is 0 Å². The van der Waals surface area contributed by atoms with Crippen molar-refractivity contribution >= 4 is 5.91 Å². The lowest BCUT2D eigenvalue weighted by atomic mass is 10.2. The van der Waals surface area contributed by atoms with Gasteiger partial charge in [-0.1, -0.05) is 0 Å². The molecule has 22 heavy (non-hydrogen) atoms. The van der Waals surface area contributed by atoms with Crippen LogP contribution in [0.2, 0.25) is 0 Å². The Balaban J connectivity index is 1.94. The number of hydrogen-bond donors (Lipinski definition) is 1. The summed E-state index contributed by atoms with van der Waals surface area (Å²) in [6.45, 7) is 3.36. The third-order valence-electron chi connectivity index (χ3n) is 3.68. The number of carbonyl (C=O) groups is 1. The van der Waals surface area contributed by atoms with Crippen molar-refractivity contribution in [1.29, 1.82) is 0 Å². The van der Waals surface area contributed by atoms with Crippen LogP contribution in [0.1, 0.15) is 41.5 Å². The number of carbonyl (C=O) groups excluding carboxylic acids is 1. The number of halogens is 2. The zero-order chi connectivity index (χ0) is 15.9. The molecule has 1 aliphatic heterocycles. The van der Waals surface area contributed by atoms with E-state index < -0.39 is 30.8 Å². The number of likely N-dealkylation sites (tertiary alicyclic amines) is 1. The van der Waals surface area contributed by atoms with E-state index in [0.717, 1.165) is 4.90 Å². The molecule has 1 amide bonds. The summed E-state index contributed by atoms with van der Waals surface area (Å²) in [6, 6.07) is 0.690. The molecule has 1 atom stereocenters. The predicted octanol–water partition coefficient (Wildman–Crippen LogP) is 1.55. The summed E-state index contributed by atoms with van der Waals surface area (Å²) in [5.74, 6) is -2.70. The lowest BCUT2D eigenvalue weighted by Crippen LogP contribution is -2.34. The Bertz CT molecular complexity index is 694. The molecule has 0 saturated carbocycles. The minimum Gasteiger partial charge on any atom is -0.321 e. The largest absolute Gasteiger partial charge is 0.321 e. The molecule has 9 heteroatoms. The van der Waals surface area contributed by atoms with Crippen LogP contribution in [-0.4, -0.2) is 48.2 Å². The topological polar surface area (TPSA) is 79.7 Å². The van der Waals surface area contributed by atoms with Crippen LogP contribution in [0.25, 0.3) is 0 Å². The first-order valence-electron chi connectivity index (χ1n) is 7.01. The van der Waals surface area contributed by atoms with E-state index in [1.54, 1.807) is 6.92 Å². The number of aromatic amines is 1. The van der Waals surface area contributed by atoms with Gasteiger partial charge < -0.3 is 4.90 Å². The smallest absolute Gasteiger partial charge is 0.272 e. The summed E-state index contributed by atoms with van der Waals surface area (Å²) in [7, 11) is 0. The Hall–Kier alpha value is -2.32. The number of hydrogen-bond acceptors (Lipinski definition) is 4. The molecule has 1 fully saturated rings. The van der Waals surface area contributed by atoms with Crippen molar-refractivity contribution < 1.29 is 13.6 Å². The summed E-state index contributed by atoms with van der Waals surface area (Å²) < 4.78 is 29.2. The van der Waals surface area contributed by atoms with Crippen molar-refractivity contribution in [2.45, 2.75) is 38.8 Å². The Morgan fingerprint density at radius 1 is 1.55 bits per heavy atom. The Morgan fingerprint density at radius 2 is 2.32 bits per heavy atom. The zero-order valence-corrected chi connectivity index (χ0v) is 12.3. The van der Waals surface area contributed by atoms with Crippen LogP contribution in [0, 0.1) is 6.92 Å². The molecule has 3 rings (SSSR count).